The molecule has 0 radical (unpaired) electrons. The minimum absolute atomic E-state index is 0.0138. The van der Waals surface area contributed by atoms with Crippen LogP contribution in [0.2, 0.25) is 0 Å². The summed E-state index contributed by atoms with van der Waals surface area (Å²) in [6.45, 7) is 2.56. The Bertz CT molecular complexity index is 691. The van der Waals surface area contributed by atoms with Gasteiger partial charge in [-0.1, -0.05) is 22.7 Å². The van der Waals surface area contributed by atoms with Crippen molar-refractivity contribution in [2.24, 2.45) is 0 Å². The van der Waals surface area contributed by atoms with Gasteiger partial charge in [-0.15, -0.1) is 5.10 Å². The first-order valence-electron chi connectivity index (χ1n) is 7.77. The molecule has 1 aromatic heterocycles. The summed E-state index contributed by atoms with van der Waals surface area (Å²) in [4.78, 5) is 15.0. The SMILES string of the molecule is O=C1COCC(CC2CN(Cc3cnns3)c3ccccc32)N1. The van der Waals surface area contributed by atoms with E-state index in [9.17, 15) is 4.79 Å². The van der Waals surface area contributed by atoms with Crippen molar-refractivity contribution in [2.45, 2.75) is 24.9 Å². The number of aromatic nitrogens is 2. The van der Waals surface area contributed by atoms with Gasteiger partial charge < -0.3 is 15.0 Å². The number of hydrogen-bond acceptors (Lipinski definition) is 6. The molecule has 23 heavy (non-hydrogen) atoms. The van der Waals surface area contributed by atoms with Crippen molar-refractivity contribution >= 4 is 23.1 Å². The summed E-state index contributed by atoms with van der Waals surface area (Å²) in [6.07, 6.45) is 2.73. The molecule has 1 N–H and O–H groups in total. The molecule has 6 nitrogen and oxygen atoms in total. The summed E-state index contributed by atoms with van der Waals surface area (Å²) in [5, 5.41) is 6.95. The summed E-state index contributed by atoms with van der Waals surface area (Å²) in [7, 11) is 0. The van der Waals surface area contributed by atoms with Gasteiger partial charge in [0, 0.05) is 18.2 Å². The zero-order valence-electron chi connectivity index (χ0n) is 12.6. The van der Waals surface area contributed by atoms with E-state index in [1.807, 2.05) is 6.20 Å². The highest BCUT2D eigenvalue weighted by atomic mass is 32.1. The number of carbonyl (C=O) groups is 1. The molecule has 4 rings (SSSR count). The molecule has 2 aromatic rings. The van der Waals surface area contributed by atoms with Crippen LogP contribution in [0.4, 0.5) is 5.69 Å². The lowest BCUT2D eigenvalue weighted by Crippen LogP contribution is -2.46. The smallest absolute Gasteiger partial charge is 0.246 e. The quantitative estimate of drug-likeness (QED) is 0.921. The monoisotopic (exact) mass is 330 g/mol. The highest BCUT2D eigenvalue weighted by Gasteiger charge is 2.32. The third-order valence-corrected chi connectivity index (χ3v) is 5.04. The zero-order chi connectivity index (χ0) is 15.6. The van der Waals surface area contributed by atoms with Crippen LogP contribution < -0.4 is 10.2 Å². The molecule has 0 spiro atoms. The van der Waals surface area contributed by atoms with E-state index in [4.69, 9.17) is 4.74 Å². The number of rotatable bonds is 4. The summed E-state index contributed by atoms with van der Waals surface area (Å²) >= 11 is 1.44. The lowest BCUT2D eigenvalue weighted by molar-refractivity contribution is -0.131. The van der Waals surface area contributed by atoms with Crippen LogP contribution in [0.3, 0.4) is 0 Å². The Kier molecular flexibility index (Phi) is 3.97. The Morgan fingerprint density at radius 3 is 3.13 bits per heavy atom. The number of ether oxygens (including phenoxy) is 1. The van der Waals surface area contributed by atoms with E-state index >= 15 is 0 Å². The fourth-order valence-electron chi connectivity index (χ4n) is 3.46. The van der Waals surface area contributed by atoms with Crippen LogP contribution in [-0.4, -0.2) is 41.3 Å². The van der Waals surface area contributed by atoms with Crippen LogP contribution in [0.5, 0.6) is 0 Å². The van der Waals surface area contributed by atoms with Gasteiger partial charge in [-0.05, 0) is 29.6 Å². The summed E-state index contributed by atoms with van der Waals surface area (Å²) in [5.74, 6) is 0.388. The van der Waals surface area contributed by atoms with E-state index in [0.717, 1.165) is 24.4 Å². The van der Waals surface area contributed by atoms with Crippen molar-refractivity contribution in [3.8, 4) is 0 Å². The minimum Gasteiger partial charge on any atom is -0.370 e. The fourth-order valence-corrected chi connectivity index (χ4v) is 3.96. The van der Waals surface area contributed by atoms with Gasteiger partial charge in [-0.25, -0.2) is 0 Å². The normalized spacial score (nSPS) is 23.7. The molecule has 2 unspecified atom stereocenters. The molecule has 1 saturated heterocycles. The van der Waals surface area contributed by atoms with E-state index in [-0.39, 0.29) is 18.6 Å². The Balaban J connectivity index is 1.51. The van der Waals surface area contributed by atoms with E-state index in [2.05, 4.69) is 44.1 Å². The predicted molar refractivity (Wildman–Crippen MR) is 87.5 cm³/mol. The summed E-state index contributed by atoms with van der Waals surface area (Å²) < 4.78 is 9.31. The minimum atomic E-state index is -0.0138. The number of hydrogen-bond donors (Lipinski definition) is 1. The van der Waals surface area contributed by atoms with Crippen LogP contribution in [0, 0.1) is 0 Å². The fraction of sp³-hybridized carbons (Fsp3) is 0.438. The number of anilines is 1. The van der Waals surface area contributed by atoms with Crippen LogP contribution in [0.1, 0.15) is 22.8 Å². The van der Waals surface area contributed by atoms with Crippen LogP contribution in [0.15, 0.2) is 30.5 Å². The number of para-hydroxylation sites is 1. The first-order chi connectivity index (χ1) is 11.3. The molecule has 7 heteroatoms. The van der Waals surface area contributed by atoms with Crippen molar-refractivity contribution in [2.75, 3.05) is 24.7 Å². The average Bonchev–Trinajstić information content (AvgIpc) is 3.17. The Hall–Kier alpha value is -1.99. The van der Waals surface area contributed by atoms with Gasteiger partial charge in [0.2, 0.25) is 5.91 Å². The predicted octanol–water partition coefficient (Wildman–Crippen LogP) is 1.55. The number of nitrogens with zero attached hydrogens (tertiary/aromatic N) is 3. The van der Waals surface area contributed by atoms with Gasteiger partial charge in [0.05, 0.1) is 30.3 Å². The number of benzene rings is 1. The third kappa shape index (κ3) is 3.07. The maximum Gasteiger partial charge on any atom is 0.246 e. The number of amides is 1. The van der Waals surface area contributed by atoms with E-state index in [1.165, 1.54) is 22.8 Å². The molecule has 3 heterocycles. The molecule has 1 aromatic carbocycles. The first kappa shape index (κ1) is 14.6. The van der Waals surface area contributed by atoms with Gasteiger partial charge in [-0.3, -0.25) is 4.79 Å². The standard InChI is InChI=1S/C16H18N4O2S/c21-16-10-22-9-12(18-16)5-11-7-20(8-13-6-17-19-23-13)15-4-2-1-3-14(11)15/h1-4,6,11-12H,5,7-10H2,(H,18,21). The highest BCUT2D eigenvalue weighted by molar-refractivity contribution is 7.05. The average molecular weight is 330 g/mol. The van der Waals surface area contributed by atoms with Crippen molar-refractivity contribution in [1.82, 2.24) is 14.9 Å². The van der Waals surface area contributed by atoms with E-state index in [0.29, 0.717) is 12.5 Å². The van der Waals surface area contributed by atoms with Crippen molar-refractivity contribution < 1.29 is 9.53 Å². The first-order valence-corrected chi connectivity index (χ1v) is 8.54. The number of nitrogens with one attached hydrogen (secondary N) is 1. The maximum atomic E-state index is 11.5. The largest absolute Gasteiger partial charge is 0.370 e. The molecule has 0 bridgehead atoms. The number of carbonyl (C=O) groups excluding carboxylic acids is 1. The van der Waals surface area contributed by atoms with Gasteiger partial charge in [-0.2, -0.15) is 0 Å². The van der Waals surface area contributed by atoms with E-state index in [1.54, 1.807) is 0 Å². The highest BCUT2D eigenvalue weighted by Crippen LogP contribution is 2.39. The molecule has 1 fully saturated rings. The molecular formula is C16H18N4O2S. The third-order valence-electron chi connectivity index (χ3n) is 4.40. The number of morpholine rings is 1. The molecule has 120 valence electrons. The van der Waals surface area contributed by atoms with Gasteiger partial charge in [0.15, 0.2) is 0 Å². The second-order valence-electron chi connectivity index (χ2n) is 6.04. The lowest BCUT2D eigenvalue weighted by Gasteiger charge is -2.26. The van der Waals surface area contributed by atoms with Crippen LogP contribution in [-0.2, 0) is 16.1 Å². The van der Waals surface area contributed by atoms with Crippen molar-refractivity contribution in [3.05, 3.63) is 40.9 Å². The van der Waals surface area contributed by atoms with Crippen molar-refractivity contribution in [3.63, 3.8) is 0 Å². The molecule has 2 atom stereocenters. The maximum absolute atomic E-state index is 11.5. The molecule has 0 aliphatic carbocycles. The van der Waals surface area contributed by atoms with Gasteiger partial charge >= 0.3 is 0 Å². The summed E-state index contributed by atoms with van der Waals surface area (Å²) in [6, 6.07) is 8.61. The topological polar surface area (TPSA) is 67.3 Å². The molecular weight excluding hydrogens is 312 g/mol. The van der Waals surface area contributed by atoms with E-state index < -0.39 is 0 Å². The van der Waals surface area contributed by atoms with Gasteiger partial charge in [0.25, 0.3) is 0 Å². The summed E-state index contributed by atoms with van der Waals surface area (Å²) in [5.41, 5.74) is 2.62. The Labute approximate surface area is 138 Å². The van der Waals surface area contributed by atoms with Crippen LogP contribution in [0.25, 0.3) is 0 Å². The molecule has 2 aliphatic rings. The van der Waals surface area contributed by atoms with Crippen molar-refractivity contribution in [1.29, 1.82) is 0 Å². The molecule has 0 saturated carbocycles. The molecule has 2 aliphatic heterocycles. The number of fused-ring (bicyclic) bond motifs is 1. The Morgan fingerprint density at radius 1 is 1.39 bits per heavy atom. The van der Waals surface area contributed by atoms with Gasteiger partial charge in [0.1, 0.15) is 6.61 Å². The lowest BCUT2D eigenvalue weighted by atomic mass is 9.94. The Morgan fingerprint density at radius 2 is 2.30 bits per heavy atom. The second kappa shape index (κ2) is 6.25. The zero-order valence-corrected chi connectivity index (χ0v) is 13.5. The van der Waals surface area contributed by atoms with Crippen LogP contribution >= 0.6 is 11.5 Å². The molecule has 1 amide bonds. The second-order valence-corrected chi connectivity index (χ2v) is 6.91.